The van der Waals surface area contributed by atoms with Gasteiger partial charge in [-0.15, -0.1) is 11.8 Å². The summed E-state index contributed by atoms with van der Waals surface area (Å²) in [5, 5.41) is 9.77. The minimum absolute atomic E-state index is 0.0418. The van der Waals surface area contributed by atoms with E-state index in [1.807, 2.05) is 0 Å². The molecule has 3 fully saturated rings. The molecule has 12 nitrogen and oxygen atoms in total. The minimum atomic E-state index is -2.02. The molecular weight excluding hydrogens is 410 g/mol. The summed E-state index contributed by atoms with van der Waals surface area (Å²) in [5.41, 5.74) is 3.92. The molecule has 0 aliphatic carbocycles. The molecule has 3 saturated heterocycles. The number of nitrogens with zero attached hydrogens (tertiary/aromatic N) is 2. The van der Waals surface area contributed by atoms with E-state index in [4.69, 9.17) is 25.0 Å². The number of nitrogens with two attached hydrogens (primary N) is 1. The highest BCUT2D eigenvalue weighted by Gasteiger charge is 2.74. The first-order valence-electron chi connectivity index (χ1n) is 8.73. The molecule has 3 atom stereocenters. The number of rotatable bonds is 5. The Morgan fingerprint density at radius 1 is 1.34 bits per heavy atom. The van der Waals surface area contributed by atoms with Gasteiger partial charge in [-0.25, -0.2) is 14.5 Å². The summed E-state index contributed by atoms with van der Waals surface area (Å²) < 4.78 is 10.3. The zero-order chi connectivity index (χ0) is 21.1. The maximum Gasteiger partial charge on any atom is 0.336 e. The fourth-order valence-electron chi connectivity index (χ4n) is 4.21. The SMILES string of the molecule is CO[C@H]1C(=O)N2C([C@]3(C(=O)O)CCC4(OO4)N3C(N)=O)=C(COC(C)=O)CSC12. The van der Waals surface area contributed by atoms with Crippen molar-refractivity contribution in [3.8, 4) is 0 Å². The highest BCUT2D eigenvalue weighted by molar-refractivity contribution is 8.00. The average Bonchev–Trinajstić information content (AvgIpc) is 3.32. The fourth-order valence-corrected chi connectivity index (χ4v) is 5.57. The van der Waals surface area contributed by atoms with Crippen LogP contribution in [0.5, 0.6) is 0 Å². The van der Waals surface area contributed by atoms with E-state index in [-0.39, 0.29) is 30.9 Å². The van der Waals surface area contributed by atoms with Gasteiger partial charge in [-0.1, -0.05) is 0 Å². The van der Waals surface area contributed by atoms with Crippen molar-refractivity contribution in [1.29, 1.82) is 0 Å². The van der Waals surface area contributed by atoms with E-state index < -0.39 is 46.8 Å². The second-order valence-corrected chi connectivity index (χ2v) is 8.12. The number of carbonyl (C=O) groups excluding carboxylic acids is 3. The Labute approximate surface area is 168 Å². The minimum Gasteiger partial charge on any atom is -0.479 e. The maximum atomic E-state index is 12.8. The first kappa shape index (κ1) is 19.9. The predicted octanol–water partition coefficient (Wildman–Crippen LogP) is -0.653. The molecule has 0 aromatic heterocycles. The second-order valence-electron chi connectivity index (χ2n) is 7.02. The van der Waals surface area contributed by atoms with Crippen LogP contribution in [0.4, 0.5) is 4.79 Å². The second kappa shape index (κ2) is 6.58. The number of primary amides is 1. The number of hydrogen-bond acceptors (Lipinski definition) is 9. The molecule has 13 heteroatoms. The van der Waals surface area contributed by atoms with Gasteiger partial charge in [0.05, 0.1) is 5.70 Å². The summed E-state index contributed by atoms with van der Waals surface area (Å²) in [4.78, 5) is 60.9. The first-order chi connectivity index (χ1) is 13.7. The van der Waals surface area contributed by atoms with Crippen LogP contribution in [0.1, 0.15) is 19.8 Å². The summed E-state index contributed by atoms with van der Waals surface area (Å²) in [5.74, 6) is -3.74. The van der Waals surface area contributed by atoms with E-state index in [1.54, 1.807) is 0 Å². The molecule has 0 bridgehead atoms. The number of methoxy groups -OCH3 is 1. The zero-order valence-electron chi connectivity index (χ0n) is 15.6. The molecule has 1 unspecified atom stereocenters. The lowest BCUT2D eigenvalue weighted by Crippen LogP contribution is -2.71. The Balaban J connectivity index is 1.87. The van der Waals surface area contributed by atoms with Gasteiger partial charge in [0.1, 0.15) is 12.0 Å². The van der Waals surface area contributed by atoms with Gasteiger partial charge >= 0.3 is 23.9 Å². The van der Waals surface area contributed by atoms with E-state index >= 15 is 0 Å². The number of amides is 3. The van der Waals surface area contributed by atoms with Crippen LogP contribution in [0.25, 0.3) is 0 Å². The maximum absolute atomic E-state index is 12.8. The lowest BCUT2D eigenvalue weighted by molar-refractivity contribution is -0.163. The Morgan fingerprint density at radius 3 is 2.55 bits per heavy atom. The molecule has 4 aliphatic heterocycles. The molecule has 0 aromatic carbocycles. The zero-order valence-corrected chi connectivity index (χ0v) is 16.4. The van der Waals surface area contributed by atoms with Crippen molar-refractivity contribution in [3.63, 3.8) is 0 Å². The molecule has 4 heterocycles. The van der Waals surface area contributed by atoms with Crippen LogP contribution in [-0.2, 0) is 33.6 Å². The number of aliphatic carboxylic acids is 1. The van der Waals surface area contributed by atoms with E-state index in [0.29, 0.717) is 5.57 Å². The molecule has 0 radical (unpaired) electrons. The monoisotopic (exact) mass is 429 g/mol. The van der Waals surface area contributed by atoms with Crippen molar-refractivity contribution >= 4 is 35.6 Å². The van der Waals surface area contributed by atoms with Gasteiger partial charge in [-0.3, -0.25) is 14.5 Å². The highest BCUT2D eigenvalue weighted by Crippen LogP contribution is 2.57. The number of thioether (sulfide) groups is 1. The number of hydrogen-bond donors (Lipinski definition) is 2. The number of esters is 1. The van der Waals surface area contributed by atoms with Gasteiger partial charge in [0.15, 0.2) is 11.6 Å². The topological polar surface area (TPSA) is 165 Å². The third kappa shape index (κ3) is 2.64. The lowest BCUT2D eigenvalue weighted by Gasteiger charge is -2.53. The van der Waals surface area contributed by atoms with Gasteiger partial charge in [0.25, 0.3) is 5.91 Å². The highest BCUT2D eigenvalue weighted by atomic mass is 32.2. The van der Waals surface area contributed by atoms with Crippen LogP contribution in [0.3, 0.4) is 0 Å². The van der Waals surface area contributed by atoms with Gasteiger partial charge in [0.2, 0.25) is 0 Å². The molecule has 4 aliphatic rings. The van der Waals surface area contributed by atoms with Gasteiger partial charge in [-0.2, -0.15) is 9.78 Å². The standard InChI is InChI=1S/C16H19N3O9S/c1-7(20)26-5-8-6-29-12-9(25-2)11(21)18(12)10(8)15(13(22)23)3-4-16(27-28-16)19(15)14(17)24/h9,12H,3-6H2,1-2H3,(H2,17,24)(H,22,23)/t9-,12?,15-/m0/s1. The summed E-state index contributed by atoms with van der Waals surface area (Å²) in [7, 11) is 1.39. The number of ether oxygens (including phenoxy) is 2. The summed E-state index contributed by atoms with van der Waals surface area (Å²) >= 11 is 1.35. The van der Waals surface area contributed by atoms with Crippen molar-refractivity contribution in [2.45, 2.75) is 42.7 Å². The molecule has 3 amide bonds. The molecule has 1 spiro atoms. The van der Waals surface area contributed by atoms with Crippen LogP contribution in [0.2, 0.25) is 0 Å². The Kier molecular flexibility index (Phi) is 4.53. The number of fused-ring (bicyclic) bond motifs is 1. The summed E-state index contributed by atoms with van der Waals surface area (Å²) in [6, 6.07) is -1.08. The van der Waals surface area contributed by atoms with Crippen molar-refractivity contribution in [3.05, 3.63) is 11.3 Å². The smallest absolute Gasteiger partial charge is 0.336 e. The molecule has 0 aromatic rings. The number of carbonyl (C=O) groups is 4. The quantitative estimate of drug-likeness (QED) is 0.248. The van der Waals surface area contributed by atoms with Crippen molar-refractivity contribution < 1.29 is 43.5 Å². The van der Waals surface area contributed by atoms with Crippen LogP contribution in [0, 0.1) is 0 Å². The van der Waals surface area contributed by atoms with Gasteiger partial charge in [-0.05, 0) is 12.0 Å². The van der Waals surface area contributed by atoms with Gasteiger partial charge < -0.3 is 20.3 Å². The van der Waals surface area contributed by atoms with Crippen molar-refractivity contribution in [1.82, 2.24) is 9.80 Å². The number of likely N-dealkylation sites (tertiary alicyclic amines) is 1. The number of urea groups is 1. The van der Waals surface area contributed by atoms with Gasteiger partial charge in [0, 0.05) is 26.2 Å². The number of carboxylic acids is 1. The third-order valence-electron chi connectivity index (χ3n) is 5.47. The molecular formula is C16H19N3O9S. The molecule has 4 rings (SSSR count). The largest absolute Gasteiger partial charge is 0.479 e. The van der Waals surface area contributed by atoms with Crippen molar-refractivity contribution in [2.75, 3.05) is 19.5 Å². The van der Waals surface area contributed by atoms with Crippen LogP contribution >= 0.6 is 11.8 Å². The third-order valence-corrected chi connectivity index (χ3v) is 6.78. The molecule has 158 valence electrons. The van der Waals surface area contributed by atoms with E-state index in [0.717, 1.165) is 4.90 Å². The van der Waals surface area contributed by atoms with E-state index in [1.165, 1.54) is 30.7 Å². The molecule has 0 saturated carbocycles. The summed E-state index contributed by atoms with van der Waals surface area (Å²) in [6.07, 6.45) is -0.815. The lowest BCUT2D eigenvalue weighted by atomic mass is 9.85. The van der Waals surface area contributed by atoms with Crippen molar-refractivity contribution in [2.24, 2.45) is 5.73 Å². The molecule has 29 heavy (non-hydrogen) atoms. The van der Waals surface area contributed by atoms with Crippen LogP contribution in [-0.4, -0.2) is 81.2 Å². The normalized spacial score (nSPS) is 32.1. The number of β-lactam (4-membered cyclic amide) rings is 1. The first-order valence-corrected chi connectivity index (χ1v) is 9.78. The van der Waals surface area contributed by atoms with Crippen LogP contribution < -0.4 is 5.73 Å². The van der Waals surface area contributed by atoms with E-state index in [2.05, 4.69) is 0 Å². The predicted molar refractivity (Wildman–Crippen MR) is 93.5 cm³/mol. The fraction of sp³-hybridized carbons (Fsp3) is 0.625. The van der Waals surface area contributed by atoms with Crippen LogP contribution in [0.15, 0.2) is 11.3 Å². The van der Waals surface area contributed by atoms with E-state index in [9.17, 15) is 24.3 Å². The Bertz CT molecular complexity index is 841. The number of carboxylic acid groups (broad SMARTS) is 1. The Hall–Kier alpha value is -2.35. The average molecular weight is 429 g/mol. The molecule has 3 N–H and O–H groups in total. The Morgan fingerprint density at radius 2 is 2.03 bits per heavy atom. The summed E-state index contributed by atoms with van der Waals surface area (Å²) in [6.45, 7) is 0.982.